The molecule has 1 aromatic carbocycles. The molecule has 1 aromatic heterocycles. The van der Waals surface area contributed by atoms with Crippen LogP contribution in [0.2, 0.25) is 5.28 Å². The number of halogens is 3. The summed E-state index contributed by atoms with van der Waals surface area (Å²) < 4.78 is 32.3. The van der Waals surface area contributed by atoms with Gasteiger partial charge in [-0.1, -0.05) is 0 Å². The van der Waals surface area contributed by atoms with E-state index in [1.165, 1.54) is 0 Å². The van der Waals surface area contributed by atoms with Crippen LogP contribution in [0.1, 0.15) is 20.8 Å². The molecular weight excluding hydrogens is 278 g/mol. The van der Waals surface area contributed by atoms with Gasteiger partial charge in [0, 0.05) is 12.1 Å². The summed E-state index contributed by atoms with van der Waals surface area (Å²) in [6, 6.07) is 1.73. The molecule has 4 nitrogen and oxygen atoms in total. The van der Waals surface area contributed by atoms with E-state index in [2.05, 4.69) is 4.98 Å². The predicted molar refractivity (Wildman–Crippen MR) is 66.3 cm³/mol. The van der Waals surface area contributed by atoms with E-state index in [-0.39, 0.29) is 16.3 Å². The molecule has 0 aliphatic carbocycles. The molecule has 0 aliphatic rings. The molecule has 0 N–H and O–H groups in total. The third-order valence-electron chi connectivity index (χ3n) is 2.23. The standard InChI is InChI=1S/C12H11ClF2N2O2/c1-12(2,3)19-11(18)17-9-5-7(15)6(14)4-8(9)16-10(17)13/h4-5H,1-3H3. The second-order valence-corrected chi connectivity index (χ2v) is 5.29. The number of hydrogen-bond acceptors (Lipinski definition) is 3. The molecular formula is C12H11ClF2N2O2. The highest BCUT2D eigenvalue weighted by atomic mass is 35.5. The first-order chi connectivity index (χ1) is 8.69. The van der Waals surface area contributed by atoms with Crippen LogP contribution < -0.4 is 0 Å². The van der Waals surface area contributed by atoms with Crippen LogP contribution in [-0.2, 0) is 4.74 Å². The van der Waals surface area contributed by atoms with E-state index in [0.717, 1.165) is 16.7 Å². The van der Waals surface area contributed by atoms with E-state index in [0.29, 0.717) is 0 Å². The minimum atomic E-state index is -1.09. The first kappa shape index (κ1) is 13.7. The molecule has 1 heterocycles. The van der Waals surface area contributed by atoms with Crippen LogP contribution in [0, 0.1) is 11.6 Å². The van der Waals surface area contributed by atoms with E-state index in [4.69, 9.17) is 16.3 Å². The molecule has 7 heteroatoms. The molecule has 102 valence electrons. The van der Waals surface area contributed by atoms with Crippen LogP contribution in [0.4, 0.5) is 13.6 Å². The summed E-state index contributed by atoms with van der Waals surface area (Å²) >= 11 is 5.80. The van der Waals surface area contributed by atoms with Crippen molar-refractivity contribution in [2.75, 3.05) is 0 Å². The lowest BCUT2D eigenvalue weighted by Gasteiger charge is -2.19. The summed E-state index contributed by atoms with van der Waals surface area (Å²) in [5.74, 6) is -2.15. The van der Waals surface area contributed by atoms with Gasteiger partial charge in [0.2, 0.25) is 5.28 Å². The van der Waals surface area contributed by atoms with E-state index >= 15 is 0 Å². The minimum absolute atomic E-state index is 0.0538. The van der Waals surface area contributed by atoms with Gasteiger partial charge in [0.15, 0.2) is 11.6 Å². The molecule has 0 fully saturated rings. The molecule has 0 unspecified atom stereocenters. The third kappa shape index (κ3) is 2.68. The van der Waals surface area contributed by atoms with Gasteiger partial charge in [-0.3, -0.25) is 0 Å². The van der Waals surface area contributed by atoms with Gasteiger partial charge < -0.3 is 4.74 Å². The summed E-state index contributed by atoms with van der Waals surface area (Å²) in [6.07, 6.45) is -0.800. The summed E-state index contributed by atoms with van der Waals surface area (Å²) in [5, 5.41) is -0.214. The summed E-state index contributed by atoms with van der Waals surface area (Å²) in [4.78, 5) is 15.7. The van der Waals surface area contributed by atoms with Crippen LogP contribution >= 0.6 is 11.6 Å². The molecule has 0 atom stereocenters. The summed E-state index contributed by atoms with van der Waals surface area (Å²) in [6.45, 7) is 5.04. The number of imidazole rings is 1. The fourth-order valence-corrected chi connectivity index (χ4v) is 1.78. The quantitative estimate of drug-likeness (QED) is 0.741. The molecule has 0 spiro atoms. The Morgan fingerprint density at radius 2 is 1.89 bits per heavy atom. The number of nitrogens with zero attached hydrogens (tertiary/aromatic N) is 2. The van der Waals surface area contributed by atoms with Gasteiger partial charge in [0.05, 0.1) is 11.0 Å². The Balaban J connectivity index is 2.57. The number of aromatic nitrogens is 2. The van der Waals surface area contributed by atoms with Gasteiger partial charge in [0.1, 0.15) is 5.60 Å². The lowest BCUT2D eigenvalue weighted by atomic mass is 10.2. The van der Waals surface area contributed by atoms with Gasteiger partial charge in [-0.15, -0.1) is 0 Å². The van der Waals surface area contributed by atoms with Gasteiger partial charge in [-0.05, 0) is 32.4 Å². The Hall–Kier alpha value is -1.69. The maximum atomic E-state index is 13.2. The molecule has 0 aliphatic heterocycles. The van der Waals surface area contributed by atoms with Crippen LogP contribution in [0.5, 0.6) is 0 Å². The Morgan fingerprint density at radius 3 is 2.47 bits per heavy atom. The fourth-order valence-electron chi connectivity index (χ4n) is 1.52. The largest absolute Gasteiger partial charge is 0.443 e. The van der Waals surface area contributed by atoms with Crippen molar-refractivity contribution in [3.05, 3.63) is 29.1 Å². The number of carbonyl (C=O) groups excluding carboxylic acids is 1. The maximum Gasteiger partial charge on any atom is 0.421 e. The Kier molecular flexibility index (Phi) is 3.22. The number of rotatable bonds is 0. The molecule has 2 rings (SSSR count). The third-order valence-corrected chi connectivity index (χ3v) is 2.49. The monoisotopic (exact) mass is 288 g/mol. The van der Waals surface area contributed by atoms with Crippen LogP contribution in [-0.4, -0.2) is 21.2 Å². The second kappa shape index (κ2) is 4.45. The molecule has 19 heavy (non-hydrogen) atoms. The van der Waals surface area contributed by atoms with E-state index in [9.17, 15) is 13.6 Å². The van der Waals surface area contributed by atoms with Crippen molar-refractivity contribution < 1.29 is 18.3 Å². The van der Waals surface area contributed by atoms with Gasteiger partial charge in [-0.2, -0.15) is 0 Å². The number of hydrogen-bond donors (Lipinski definition) is 0. The SMILES string of the molecule is CC(C)(C)OC(=O)n1c(Cl)nc2cc(F)c(F)cc21. The van der Waals surface area contributed by atoms with Gasteiger partial charge in [-0.25, -0.2) is 23.1 Å². The molecule has 2 aromatic rings. The van der Waals surface area contributed by atoms with Gasteiger partial charge in [0.25, 0.3) is 0 Å². The van der Waals surface area contributed by atoms with Crippen molar-refractivity contribution in [3.63, 3.8) is 0 Å². The van der Waals surface area contributed by atoms with E-state index in [1.54, 1.807) is 20.8 Å². The Labute approximate surface area is 112 Å². The Morgan fingerprint density at radius 1 is 1.32 bits per heavy atom. The second-order valence-electron chi connectivity index (χ2n) is 4.95. The van der Waals surface area contributed by atoms with Crippen LogP contribution in [0.25, 0.3) is 11.0 Å². The van der Waals surface area contributed by atoms with E-state index < -0.39 is 23.3 Å². The first-order valence-corrected chi connectivity index (χ1v) is 5.83. The first-order valence-electron chi connectivity index (χ1n) is 5.45. The average molecular weight is 289 g/mol. The van der Waals surface area contributed by atoms with Gasteiger partial charge >= 0.3 is 6.09 Å². The van der Waals surface area contributed by atoms with Crippen LogP contribution in [0.3, 0.4) is 0 Å². The average Bonchev–Trinajstić information content (AvgIpc) is 2.52. The maximum absolute atomic E-state index is 13.2. The lowest BCUT2D eigenvalue weighted by molar-refractivity contribution is 0.0544. The summed E-state index contributed by atoms with van der Waals surface area (Å²) in [7, 11) is 0. The zero-order valence-corrected chi connectivity index (χ0v) is 11.3. The van der Waals surface area contributed by atoms with Crippen molar-refractivity contribution in [3.8, 4) is 0 Å². The van der Waals surface area contributed by atoms with Crippen molar-refractivity contribution >= 4 is 28.7 Å². The van der Waals surface area contributed by atoms with Crippen LogP contribution in [0.15, 0.2) is 12.1 Å². The molecule has 0 amide bonds. The smallest absolute Gasteiger partial charge is 0.421 e. The number of ether oxygens (including phenoxy) is 1. The van der Waals surface area contributed by atoms with Crippen molar-refractivity contribution in [2.24, 2.45) is 0 Å². The highest BCUT2D eigenvalue weighted by Crippen LogP contribution is 2.24. The molecule has 0 saturated carbocycles. The Bertz CT molecular complexity index is 662. The fraction of sp³-hybridized carbons (Fsp3) is 0.333. The zero-order valence-electron chi connectivity index (χ0n) is 10.5. The normalized spacial score (nSPS) is 11.9. The molecule has 0 bridgehead atoms. The number of fused-ring (bicyclic) bond motifs is 1. The topological polar surface area (TPSA) is 44.1 Å². The highest BCUT2D eigenvalue weighted by Gasteiger charge is 2.23. The lowest BCUT2D eigenvalue weighted by Crippen LogP contribution is -2.27. The molecule has 0 saturated heterocycles. The zero-order chi connectivity index (χ0) is 14.4. The number of carbonyl (C=O) groups is 1. The molecule has 0 radical (unpaired) electrons. The highest BCUT2D eigenvalue weighted by molar-refractivity contribution is 6.30. The van der Waals surface area contributed by atoms with Crippen molar-refractivity contribution in [1.82, 2.24) is 9.55 Å². The van der Waals surface area contributed by atoms with E-state index in [1.807, 2.05) is 0 Å². The minimum Gasteiger partial charge on any atom is -0.443 e. The predicted octanol–water partition coefficient (Wildman–Crippen LogP) is 3.75. The van der Waals surface area contributed by atoms with Crippen molar-refractivity contribution in [1.29, 1.82) is 0 Å². The van der Waals surface area contributed by atoms with Crippen molar-refractivity contribution in [2.45, 2.75) is 26.4 Å². The summed E-state index contributed by atoms with van der Waals surface area (Å²) in [5.41, 5.74) is -0.608. The number of benzene rings is 1.